The van der Waals surface area contributed by atoms with Gasteiger partial charge in [-0.05, 0) is 18.2 Å². The Morgan fingerprint density at radius 2 is 2.04 bits per heavy atom. The van der Waals surface area contributed by atoms with Crippen molar-refractivity contribution in [2.24, 2.45) is 0 Å². The van der Waals surface area contributed by atoms with Gasteiger partial charge in [0.1, 0.15) is 5.56 Å². The van der Waals surface area contributed by atoms with Crippen molar-refractivity contribution in [2.75, 3.05) is 5.32 Å². The van der Waals surface area contributed by atoms with Crippen LogP contribution in [0, 0.1) is 0 Å². The molecule has 23 heavy (non-hydrogen) atoms. The van der Waals surface area contributed by atoms with E-state index in [0.717, 1.165) is 0 Å². The second-order valence-electron chi connectivity index (χ2n) is 4.83. The molecule has 114 valence electrons. The average Bonchev–Trinajstić information content (AvgIpc) is 3.12. The zero-order valence-electron chi connectivity index (χ0n) is 11.5. The maximum atomic E-state index is 12.3. The van der Waals surface area contributed by atoms with Crippen LogP contribution in [-0.4, -0.2) is 25.3 Å². The minimum atomic E-state index is -0.555. The van der Waals surface area contributed by atoms with Gasteiger partial charge in [-0.2, -0.15) is 0 Å². The van der Waals surface area contributed by atoms with Crippen LogP contribution in [-0.2, 0) is 0 Å². The highest BCUT2D eigenvalue weighted by atomic mass is 32.1. The molecule has 0 saturated carbocycles. The van der Waals surface area contributed by atoms with E-state index in [2.05, 4.69) is 20.3 Å². The molecule has 3 N–H and O–H groups in total. The molecule has 0 unspecified atom stereocenters. The first-order valence-corrected chi connectivity index (χ1v) is 7.48. The van der Waals surface area contributed by atoms with Gasteiger partial charge in [-0.25, -0.2) is 9.78 Å². The van der Waals surface area contributed by atoms with Crippen LogP contribution < -0.4 is 16.6 Å². The number of fused-ring (bicyclic) bond motifs is 2. The summed E-state index contributed by atoms with van der Waals surface area (Å²) in [4.78, 5) is 45.6. The van der Waals surface area contributed by atoms with Crippen LogP contribution in [0.3, 0.4) is 0 Å². The summed E-state index contributed by atoms with van der Waals surface area (Å²) >= 11 is 1.31. The Labute approximate surface area is 131 Å². The van der Waals surface area contributed by atoms with Gasteiger partial charge in [0.05, 0.1) is 11.0 Å². The third kappa shape index (κ3) is 2.23. The molecule has 0 aliphatic rings. The van der Waals surface area contributed by atoms with E-state index in [1.54, 1.807) is 29.8 Å². The topological polar surface area (TPSA) is 112 Å². The number of carbonyl (C=O) groups excluding carboxylic acids is 1. The minimum Gasteiger partial charge on any atom is -0.322 e. The zero-order chi connectivity index (χ0) is 16.0. The molecule has 3 aromatic heterocycles. The fraction of sp³-hybridized carbons (Fsp3) is 0. The predicted molar refractivity (Wildman–Crippen MR) is 86.2 cm³/mol. The Balaban J connectivity index is 1.71. The van der Waals surface area contributed by atoms with Crippen molar-refractivity contribution in [1.82, 2.24) is 19.4 Å². The van der Waals surface area contributed by atoms with Crippen LogP contribution in [0.1, 0.15) is 10.4 Å². The lowest BCUT2D eigenvalue weighted by Crippen LogP contribution is -2.25. The number of hydrogen-bond acceptors (Lipinski definition) is 5. The van der Waals surface area contributed by atoms with E-state index in [4.69, 9.17) is 0 Å². The van der Waals surface area contributed by atoms with Gasteiger partial charge in [0.2, 0.25) is 0 Å². The van der Waals surface area contributed by atoms with Crippen molar-refractivity contribution in [3.05, 3.63) is 62.4 Å². The number of rotatable bonds is 2. The number of carbonyl (C=O) groups is 1. The molecule has 0 radical (unpaired) electrons. The number of thiazole rings is 1. The van der Waals surface area contributed by atoms with E-state index in [0.29, 0.717) is 21.7 Å². The molecule has 3 heterocycles. The number of imidazole rings is 1. The average molecular weight is 327 g/mol. The van der Waals surface area contributed by atoms with E-state index in [1.165, 1.54) is 21.9 Å². The maximum Gasteiger partial charge on any atom is 0.323 e. The van der Waals surface area contributed by atoms with Gasteiger partial charge < -0.3 is 15.3 Å². The standard InChI is InChI=1S/C14H9N5O3S/c20-11(8-6-15-14-19(12(8)21)3-4-23-14)16-7-1-2-9-10(5-7)18-13(22)17-9/h1-6H,(H,16,20)(H2,17,18,22). The Morgan fingerprint density at radius 1 is 1.22 bits per heavy atom. The lowest BCUT2D eigenvalue weighted by atomic mass is 10.2. The molecule has 1 aromatic carbocycles. The molecule has 9 heteroatoms. The molecule has 0 aliphatic heterocycles. The van der Waals surface area contributed by atoms with Gasteiger partial charge in [0.15, 0.2) is 4.96 Å². The van der Waals surface area contributed by atoms with E-state index < -0.39 is 11.5 Å². The Bertz CT molecular complexity index is 1170. The van der Waals surface area contributed by atoms with Crippen LogP contribution in [0.4, 0.5) is 5.69 Å². The molecule has 4 aromatic rings. The van der Waals surface area contributed by atoms with Gasteiger partial charge in [0, 0.05) is 23.5 Å². The molecular formula is C14H9N5O3S. The summed E-state index contributed by atoms with van der Waals surface area (Å²) in [6.45, 7) is 0. The SMILES string of the molecule is O=C(Nc1ccc2[nH]c(=O)[nH]c2c1)c1cnc2sccn2c1=O. The Morgan fingerprint density at radius 3 is 2.91 bits per heavy atom. The number of aromatic nitrogens is 4. The minimum absolute atomic E-state index is 0.0523. The first kappa shape index (κ1) is 13.5. The smallest absolute Gasteiger partial charge is 0.322 e. The van der Waals surface area contributed by atoms with Crippen LogP contribution in [0.15, 0.2) is 45.6 Å². The first-order chi connectivity index (χ1) is 11.1. The summed E-state index contributed by atoms with van der Waals surface area (Å²) in [6.07, 6.45) is 2.84. The molecule has 0 saturated heterocycles. The number of nitrogens with one attached hydrogen (secondary N) is 3. The third-order valence-electron chi connectivity index (χ3n) is 3.36. The highest BCUT2D eigenvalue weighted by Crippen LogP contribution is 2.15. The predicted octanol–water partition coefficient (Wildman–Crippen LogP) is 1.18. The van der Waals surface area contributed by atoms with Crippen LogP contribution >= 0.6 is 11.3 Å². The maximum absolute atomic E-state index is 12.3. The van der Waals surface area contributed by atoms with Gasteiger partial charge in [0.25, 0.3) is 11.5 Å². The normalized spacial score (nSPS) is 11.1. The fourth-order valence-electron chi connectivity index (χ4n) is 2.29. The van der Waals surface area contributed by atoms with Gasteiger partial charge in [-0.1, -0.05) is 0 Å². The molecule has 0 atom stereocenters. The van der Waals surface area contributed by atoms with Gasteiger partial charge >= 0.3 is 5.69 Å². The van der Waals surface area contributed by atoms with E-state index >= 15 is 0 Å². The van der Waals surface area contributed by atoms with Crippen molar-refractivity contribution in [3.63, 3.8) is 0 Å². The molecule has 0 spiro atoms. The molecule has 0 bridgehead atoms. The lowest BCUT2D eigenvalue weighted by Gasteiger charge is -2.05. The number of anilines is 1. The van der Waals surface area contributed by atoms with E-state index in [1.807, 2.05) is 0 Å². The highest BCUT2D eigenvalue weighted by Gasteiger charge is 2.14. The van der Waals surface area contributed by atoms with Crippen molar-refractivity contribution in [2.45, 2.75) is 0 Å². The third-order valence-corrected chi connectivity index (χ3v) is 4.13. The monoisotopic (exact) mass is 327 g/mol. The van der Waals surface area contributed by atoms with Crippen LogP contribution in [0.25, 0.3) is 16.0 Å². The van der Waals surface area contributed by atoms with Crippen molar-refractivity contribution in [3.8, 4) is 0 Å². The first-order valence-electron chi connectivity index (χ1n) is 6.60. The summed E-state index contributed by atoms with van der Waals surface area (Å²) in [5.41, 5.74) is 0.861. The number of hydrogen-bond donors (Lipinski definition) is 3. The summed E-state index contributed by atoms with van der Waals surface area (Å²) in [5, 5.41) is 4.36. The van der Waals surface area contributed by atoms with Crippen LogP contribution in [0.5, 0.6) is 0 Å². The number of H-pyrrole nitrogens is 2. The molecular weight excluding hydrogens is 318 g/mol. The second-order valence-corrected chi connectivity index (χ2v) is 5.70. The molecule has 0 aliphatic carbocycles. The summed E-state index contributed by atoms with van der Waals surface area (Å²) in [6, 6.07) is 4.91. The van der Waals surface area contributed by atoms with E-state index in [-0.39, 0.29) is 11.3 Å². The quantitative estimate of drug-likeness (QED) is 0.513. The number of nitrogens with zero attached hydrogens (tertiary/aromatic N) is 2. The van der Waals surface area contributed by atoms with Crippen molar-refractivity contribution < 1.29 is 4.79 Å². The molecule has 4 rings (SSSR count). The number of amides is 1. The summed E-state index contributed by atoms with van der Waals surface area (Å²) in [5.74, 6) is -0.555. The van der Waals surface area contributed by atoms with Gasteiger partial charge in [-0.15, -0.1) is 11.3 Å². The Hall–Kier alpha value is -3.20. The largest absolute Gasteiger partial charge is 0.323 e. The molecule has 8 nitrogen and oxygen atoms in total. The Kier molecular flexibility index (Phi) is 2.88. The fourth-order valence-corrected chi connectivity index (χ4v) is 2.96. The summed E-state index contributed by atoms with van der Waals surface area (Å²) < 4.78 is 1.33. The zero-order valence-corrected chi connectivity index (χ0v) is 12.3. The second kappa shape index (κ2) is 4.92. The van der Waals surface area contributed by atoms with Crippen LogP contribution in [0.2, 0.25) is 0 Å². The van der Waals surface area contributed by atoms with E-state index in [9.17, 15) is 14.4 Å². The highest BCUT2D eigenvalue weighted by molar-refractivity contribution is 7.15. The van der Waals surface area contributed by atoms with Crippen molar-refractivity contribution >= 4 is 38.9 Å². The molecule has 1 amide bonds. The number of benzene rings is 1. The molecule has 0 fully saturated rings. The van der Waals surface area contributed by atoms with Gasteiger partial charge in [-0.3, -0.25) is 14.0 Å². The number of aromatic amines is 2. The van der Waals surface area contributed by atoms with Crippen molar-refractivity contribution in [1.29, 1.82) is 0 Å². The summed E-state index contributed by atoms with van der Waals surface area (Å²) in [7, 11) is 0. The lowest BCUT2D eigenvalue weighted by molar-refractivity contribution is 0.102.